The Bertz CT molecular complexity index is 1740. The number of phenols is 1. The van der Waals surface area contributed by atoms with Crippen LogP contribution in [0.1, 0.15) is 56.9 Å². The quantitative estimate of drug-likeness (QED) is 0.261. The molecule has 2 aliphatic heterocycles. The van der Waals surface area contributed by atoms with Crippen LogP contribution in [-0.4, -0.2) is 45.1 Å². The van der Waals surface area contributed by atoms with E-state index in [1.54, 1.807) is 62.8 Å². The van der Waals surface area contributed by atoms with E-state index < -0.39 is 12.2 Å². The third kappa shape index (κ3) is 4.97. The van der Waals surface area contributed by atoms with Crippen molar-refractivity contribution in [3.8, 4) is 51.4 Å². The van der Waals surface area contributed by atoms with Crippen LogP contribution >= 0.6 is 0 Å². The minimum absolute atomic E-state index is 0.0575. The van der Waals surface area contributed by atoms with Gasteiger partial charge in [0.25, 0.3) is 0 Å². The lowest BCUT2D eigenvalue weighted by Gasteiger charge is -2.29. The summed E-state index contributed by atoms with van der Waals surface area (Å²) in [6, 6.07) is 18.9. The minimum atomic E-state index is -0.639. The minimum Gasteiger partial charge on any atom is -0.507 e. The van der Waals surface area contributed by atoms with E-state index in [0.29, 0.717) is 56.6 Å². The summed E-state index contributed by atoms with van der Waals surface area (Å²) >= 11 is 0. The summed E-state index contributed by atoms with van der Waals surface area (Å²) in [5.41, 5.74) is 3.04. The van der Waals surface area contributed by atoms with Gasteiger partial charge in [-0.3, -0.25) is 9.59 Å². The molecule has 43 heavy (non-hydrogen) atoms. The molecule has 0 saturated carbocycles. The largest absolute Gasteiger partial charge is 0.507 e. The van der Waals surface area contributed by atoms with Crippen LogP contribution in [0.25, 0.3) is 11.1 Å². The standard InChI is InChI=1S/C34H30O9/c1-38-20-7-8-21-25(36)16-29(42-31(21)15-20)18-5-11-27(39-2)23(13-18)33-24(35)10-9-22-26(37)17-30(43-34(22)33)19-6-12-28(40-3)32(14-19)41-4/h5-15,29-30,35H,16-17H2,1-4H3/t29-,30+/m0/s1. The van der Waals surface area contributed by atoms with Gasteiger partial charge in [0.05, 0.1) is 58.0 Å². The van der Waals surface area contributed by atoms with Crippen molar-refractivity contribution in [2.24, 2.45) is 0 Å². The number of ether oxygens (including phenoxy) is 6. The van der Waals surface area contributed by atoms with Gasteiger partial charge < -0.3 is 33.5 Å². The van der Waals surface area contributed by atoms with Crippen LogP contribution in [0.4, 0.5) is 0 Å². The maximum Gasteiger partial charge on any atom is 0.170 e. The summed E-state index contributed by atoms with van der Waals surface area (Å²) in [5.74, 6) is 2.47. The Hall–Kier alpha value is -5.18. The first kappa shape index (κ1) is 28.0. The zero-order valence-corrected chi connectivity index (χ0v) is 24.1. The van der Waals surface area contributed by atoms with Crippen LogP contribution in [0, 0.1) is 0 Å². The molecule has 0 spiro atoms. The first-order valence-corrected chi connectivity index (χ1v) is 13.7. The Morgan fingerprint density at radius 1 is 0.628 bits per heavy atom. The maximum atomic E-state index is 13.4. The molecule has 0 amide bonds. The fraction of sp³-hybridized carbons (Fsp3) is 0.235. The van der Waals surface area contributed by atoms with E-state index in [4.69, 9.17) is 28.4 Å². The van der Waals surface area contributed by atoms with Gasteiger partial charge >= 0.3 is 0 Å². The van der Waals surface area contributed by atoms with Crippen LogP contribution in [0.2, 0.25) is 0 Å². The number of rotatable bonds is 7. The summed E-state index contributed by atoms with van der Waals surface area (Å²) < 4.78 is 34.5. The molecule has 1 N–H and O–H groups in total. The maximum absolute atomic E-state index is 13.4. The van der Waals surface area contributed by atoms with Crippen molar-refractivity contribution >= 4 is 11.6 Å². The lowest BCUT2D eigenvalue weighted by atomic mass is 9.89. The molecule has 4 aromatic carbocycles. The van der Waals surface area contributed by atoms with Gasteiger partial charge in [-0.15, -0.1) is 0 Å². The predicted molar refractivity (Wildman–Crippen MR) is 157 cm³/mol. The highest BCUT2D eigenvalue weighted by atomic mass is 16.5. The SMILES string of the molecule is COc1ccc2c(c1)O[C@H](c1ccc(OC)c(-c3c(O)ccc4c3O[C@@H](c3ccc(OC)c(OC)c3)CC4=O)c1)CC2=O. The summed E-state index contributed by atoms with van der Waals surface area (Å²) in [4.78, 5) is 26.4. The molecule has 0 aromatic heterocycles. The molecule has 9 nitrogen and oxygen atoms in total. The van der Waals surface area contributed by atoms with Crippen LogP contribution in [0.5, 0.6) is 40.2 Å². The number of hydrogen-bond donors (Lipinski definition) is 1. The first-order chi connectivity index (χ1) is 20.8. The smallest absolute Gasteiger partial charge is 0.170 e. The number of ketones is 2. The molecule has 0 bridgehead atoms. The average Bonchev–Trinajstić information content (AvgIpc) is 3.03. The molecule has 220 valence electrons. The normalized spacial score (nSPS) is 17.2. The fourth-order valence-corrected chi connectivity index (χ4v) is 5.61. The van der Waals surface area contributed by atoms with Crippen molar-refractivity contribution in [1.29, 1.82) is 0 Å². The van der Waals surface area contributed by atoms with E-state index in [9.17, 15) is 14.7 Å². The van der Waals surface area contributed by atoms with Gasteiger partial charge in [0.2, 0.25) is 0 Å². The molecule has 2 atom stereocenters. The van der Waals surface area contributed by atoms with Gasteiger partial charge in [-0.2, -0.15) is 0 Å². The highest BCUT2D eigenvalue weighted by molar-refractivity contribution is 6.04. The summed E-state index contributed by atoms with van der Waals surface area (Å²) in [7, 11) is 6.16. The van der Waals surface area contributed by atoms with Gasteiger partial charge in [-0.05, 0) is 59.7 Å². The zero-order chi connectivity index (χ0) is 30.2. The number of aromatic hydroxyl groups is 1. The Balaban J connectivity index is 1.42. The van der Waals surface area contributed by atoms with Gasteiger partial charge in [-0.25, -0.2) is 0 Å². The molecular formula is C34H30O9. The van der Waals surface area contributed by atoms with Crippen molar-refractivity contribution in [2.45, 2.75) is 25.0 Å². The van der Waals surface area contributed by atoms with Crippen molar-refractivity contribution in [1.82, 2.24) is 0 Å². The monoisotopic (exact) mass is 582 g/mol. The van der Waals surface area contributed by atoms with E-state index in [2.05, 4.69) is 0 Å². The number of fused-ring (bicyclic) bond motifs is 2. The Labute approximate surface area is 248 Å². The number of methoxy groups -OCH3 is 4. The van der Waals surface area contributed by atoms with E-state index in [1.165, 1.54) is 20.3 Å². The zero-order valence-electron chi connectivity index (χ0n) is 24.1. The summed E-state index contributed by atoms with van der Waals surface area (Å²) in [6.07, 6.45) is -1.01. The second-order valence-corrected chi connectivity index (χ2v) is 10.2. The van der Waals surface area contributed by atoms with Gasteiger partial charge in [0, 0.05) is 11.6 Å². The number of phenolic OH excluding ortho intramolecular Hbond substituents is 1. The highest BCUT2D eigenvalue weighted by Gasteiger charge is 2.34. The number of benzene rings is 4. The third-order valence-corrected chi connectivity index (χ3v) is 7.84. The molecule has 6 rings (SSSR count). The van der Waals surface area contributed by atoms with Crippen molar-refractivity contribution in [3.05, 3.63) is 89.0 Å². The third-order valence-electron chi connectivity index (χ3n) is 7.84. The lowest BCUT2D eigenvalue weighted by Crippen LogP contribution is -2.21. The molecular weight excluding hydrogens is 552 g/mol. The Morgan fingerprint density at radius 2 is 1.26 bits per heavy atom. The second-order valence-electron chi connectivity index (χ2n) is 10.2. The number of carbonyl (C=O) groups is 2. The molecule has 0 unspecified atom stereocenters. The van der Waals surface area contributed by atoms with Gasteiger partial charge in [0.15, 0.2) is 23.1 Å². The number of carbonyl (C=O) groups excluding carboxylic acids is 2. The van der Waals surface area contributed by atoms with Crippen LogP contribution in [0.3, 0.4) is 0 Å². The highest BCUT2D eigenvalue weighted by Crippen LogP contribution is 2.50. The summed E-state index contributed by atoms with van der Waals surface area (Å²) in [5, 5.41) is 11.2. The predicted octanol–water partition coefficient (Wildman–Crippen LogP) is 6.51. The Morgan fingerprint density at radius 3 is 1.95 bits per heavy atom. The van der Waals surface area contributed by atoms with Crippen molar-refractivity contribution in [3.63, 3.8) is 0 Å². The molecule has 4 aromatic rings. The van der Waals surface area contributed by atoms with E-state index >= 15 is 0 Å². The van der Waals surface area contributed by atoms with Crippen molar-refractivity contribution < 1.29 is 43.1 Å². The second kappa shape index (κ2) is 11.2. The summed E-state index contributed by atoms with van der Waals surface area (Å²) in [6.45, 7) is 0. The fourth-order valence-electron chi connectivity index (χ4n) is 5.61. The molecule has 2 aliphatic rings. The van der Waals surface area contributed by atoms with Crippen LogP contribution in [0.15, 0.2) is 66.7 Å². The van der Waals surface area contributed by atoms with Gasteiger partial charge in [0.1, 0.15) is 41.0 Å². The van der Waals surface area contributed by atoms with Crippen molar-refractivity contribution in [2.75, 3.05) is 28.4 Å². The van der Waals surface area contributed by atoms with E-state index in [-0.39, 0.29) is 35.9 Å². The molecule has 9 heteroatoms. The van der Waals surface area contributed by atoms with Crippen LogP contribution < -0.4 is 28.4 Å². The first-order valence-electron chi connectivity index (χ1n) is 13.7. The lowest BCUT2D eigenvalue weighted by molar-refractivity contribution is 0.0839. The molecule has 0 radical (unpaired) electrons. The molecule has 0 saturated heterocycles. The molecule has 2 heterocycles. The van der Waals surface area contributed by atoms with Crippen LogP contribution in [-0.2, 0) is 0 Å². The molecule has 0 fully saturated rings. The number of Topliss-reactive ketones (excluding diaryl/α,β-unsaturated/α-hetero) is 2. The molecule has 0 aliphatic carbocycles. The topological polar surface area (TPSA) is 110 Å². The van der Waals surface area contributed by atoms with E-state index in [0.717, 1.165) is 5.56 Å². The Kier molecular flexibility index (Phi) is 7.31. The average molecular weight is 583 g/mol. The van der Waals surface area contributed by atoms with E-state index in [1.807, 2.05) is 12.1 Å². The number of hydrogen-bond acceptors (Lipinski definition) is 9. The van der Waals surface area contributed by atoms with Gasteiger partial charge in [-0.1, -0.05) is 12.1 Å².